The fraction of sp³-hybridized carbons (Fsp3) is 0. The maximum Gasteiger partial charge on any atom is 0.0414 e. The van der Waals surface area contributed by atoms with Crippen molar-refractivity contribution in [3.8, 4) is 0 Å². The molecular formula is H2NP3. The van der Waals surface area contributed by atoms with E-state index in [1.165, 1.54) is 16.0 Å². The van der Waals surface area contributed by atoms with Crippen molar-refractivity contribution >= 4 is 25.4 Å². The standard InChI is InChI=1S/H2NP3/c2-1-3-4-1/h2H2. The van der Waals surface area contributed by atoms with Crippen molar-refractivity contribution in [1.82, 2.24) is 4.21 Å². The van der Waals surface area contributed by atoms with Crippen molar-refractivity contribution < 1.29 is 0 Å². The summed E-state index contributed by atoms with van der Waals surface area (Å²) in [5.74, 6) is 0. The summed E-state index contributed by atoms with van der Waals surface area (Å²) in [6.45, 7) is 0. The number of hydrogen-bond acceptors (Lipinski definition) is 1. The minimum absolute atomic E-state index is 1.43. The van der Waals surface area contributed by atoms with E-state index in [-0.39, 0.29) is 0 Å². The van der Waals surface area contributed by atoms with Gasteiger partial charge in [0.15, 0.2) is 0 Å². The summed E-state index contributed by atoms with van der Waals surface area (Å²) in [6, 6.07) is 0. The molecule has 0 radical (unpaired) electrons. The lowest BCUT2D eigenvalue weighted by molar-refractivity contribution is 1.34. The van der Waals surface area contributed by atoms with E-state index in [4.69, 9.17) is 0 Å². The highest BCUT2D eigenvalue weighted by molar-refractivity contribution is 8.01. The maximum absolute atomic E-state index is 2.58. The van der Waals surface area contributed by atoms with Gasteiger partial charge in [-0.2, -0.15) is 4.21 Å². The van der Waals surface area contributed by atoms with Gasteiger partial charge in [-0.25, -0.2) is 0 Å². The van der Waals surface area contributed by atoms with Gasteiger partial charge in [0.2, 0.25) is 0 Å². The highest BCUT2D eigenvalue weighted by Gasteiger charge is 1.96. The summed E-state index contributed by atoms with van der Waals surface area (Å²) < 4.78 is 2.11. The van der Waals surface area contributed by atoms with Gasteiger partial charge in [-0.05, 0) is 9.39 Å². The molecular weight excluding hydrogens is 107 g/mol. The second-order valence-corrected chi connectivity index (χ2v) is 4.49. The van der Waals surface area contributed by atoms with E-state index < -0.39 is 0 Å². The lowest BCUT2D eigenvalue weighted by atomic mass is 13.8. The molecule has 1 unspecified atom stereocenters. The van der Waals surface area contributed by atoms with E-state index >= 15 is 0 Å². The largest absolute Gasteiger partial charge is 0.183 e. The Balaban J connectivity index is 2.32. The van der Waals surface area contributed by atoms with Crippen molar-refractivity contribution in [2.75, 3.05) is 0 Å². The average molecular weight is 109 g/mol. The molecule has 0 saturated heterocycles. The first-order chi connectivity index (χ1) is 1.89. The van der Waals surface area contributed by atoms with E-state index in [1.807, 2.05) is 0 Å². The first-order valence-electron chi connectivity index (χ1n) is 0.858. The summed E-state index contributed by atoms with van der Waals surface area (Å²) in [5.41, 5.74) is 0. The lowest BCUT2D eigenvalue weighted by Gasteiger charge is -1.64. The molecule has 1 rings (SSSR count). The molecule has 4 heavy (non-hydrogen) atoms. The molecule has 0 saturated carbocycles. The number of hydrogen-bond donors (Lipinski definition) is 0. The smallest absolute Gasteiger partial charge is 0.0414 e. The van der Waals surface area contributed by atoms with Crippen molar-refractivity contribution in [1.29, 1.82) is 0 Å². The zero-order chi connectivity index (χ0) is 2.99. The molecule has 0 aromatic rings. The summed E-state index contributed by atoms with van der Waals surface area (Å²) in [5, 5.41) is 0. The van der Waals surface area contributed by atoms with Crippen LogP contribution in [0.15, 0.2) is 0 Å². The summed E-state index contributed by atoms with van der Waals surface area (Å²) in [6.07, 6.45) is 0. The van der Waals surface area contributed by atoms with Gasteiger partial charge in [0.05, 0.1) is 0 Å². The Morgan fingerprint density at radius 2 is 1.75 bits per heavy atom. The van der Waals surface area contributed by atoms with E-state index in [0.29, 0.717) is 0 Å². The Bertz CT molecular complexity index is 41.2. The van der Waals surface area contributed by atoms with Crippen LogP contribution in [0.25, 0.3) is 0 Å². The molecule has 0 spiro atoms. The van der Waals surface area contributed by atoms with Gasteiger partial charge in [0, 0.05) is 16.0 Å². The first kappa shape index (κ1) is 3.19. The van der Waals surface area contributed by atoms with Crippen LogP contribution >= 0.6 is 25.4 Å². The summed E-state index contributed by atoms with van der Waals surface area (Å²) >= 11 is 0. The van der Waals surface area contributed by atoms with Crippen LogP contribution in [0.3, 0.4) is 0 Å². The lowest BCUT2D eigenvalue weighted by Crippen LogP contribution is -1.42. The van der Waals surface area contributed by atoms with Crippen LogP contribution in [0.2, 0.25) is 0 Å². The van der Waals surface area contributed by atoms with Crippen LogP contribution in [0.1, 0.15) is 0 Å². The zero-order valence-corrected chi connectivity index (χ0v) is 4.86. The van der Waals surface area contributed by atoms with Gasteiger partial charge < -0.3 is 0 Å². The third-order valence-corrected chi connectivity index (χ3v) is 3.59. The monoisotopic (exact) mass is 109 g/mol. The molecule has 0 fully saturated rings. The number of nitrogens with zero attached hydrogens (tertiary/aromatic N) is 1. The molecule has 1 nitrogen and oxygen atoms in total. The Morgan fingerprint density at radius 3 is 1.75 bits per heavy atom. The molecule has 0 amide bonds. The van der Waals surface area contributed by atoms with Gasteiger partial charge in [0.1, 0.15) is 0 Å². The summed E-state index contributed by atoms with van der Waals surface area (Å²) in [7, 11) is 5.44. The van der Waals surface area contributed by atoms with Gasteiger partial charge in [0.25, 0.3) is 0 Å². The van der Waals surface area contributed by atoms with Crippen LogP contribution in [0.4, 0.5) is 0 Å². The molecule has 22 valence electrons. The van der Waals surface area contributed by atoms with E-state index in [1.54, 1.807) is 0 Å². The molecule has 0 aromatic carbocycles. The Hall–Kier alpha value is 0.990. The van der Waals surface area contributed by atoms with Crippen molar-refractivity contribution in [3.05, 3.63) is 0 Å². The Morgan fingerprint density at radius 1 is 1.50 bits per heavy atom. The van der Waals surface area contributed by atoms with Gasteiger partial charge in [-0.3, -0.25) is 0 Å². The minimum atomic E-state index is 1.43. The van der Waals surface area contributed by atoms with Crippen molar-refractivity contribution in [2.45, 2.75) is 0 Å². The van der Waals surface area contributed by atoms with Gasteiger partial charge in [-0.15, -0.1) is 0 Å². The first-order valence-corrected chi connectivity index (χ1v) is 3.77. The quantitative estimate of drug-likeness (QED) is 0.428. The SMILES string of the molecule is PN1P=P1. The molecule has 0 bridgehead atoms. The normalized spacial score (nSPS) is 43.8. The molecule has 1 aliphatic rings. The molecule has 0 aliphatic carbocycles. The summed E-state index contributed by atoms with van der Waals surface area (Å²) in [4.78, 5) is 0. The van der Waals surface area contributed by atoms with Crippen molar-refractivity contribution in [2.24, 2.45) is 0 Å². The molecule has 1 atom stereocenters. The molecule has 1 aliphatic heterocycles. The Kier molecular flexibility index (Phi) is 0.793. The molecule has 4 heteroatoms. The maximum atomic E-state index is 2.58. The molecule has 0 N–H and O–H groups in total. The van der Waals surface area contributed by atoms with Crippen LogP contribution in [0.5, 0.6) is 0 Å². The Labute approximate surface area is 30.5 Å². The fourth-order valence-electron chi connectivity index (χ4n) is 0.0231. The van der Waals surface area contributed by atoms with E-state index in [9.17, 15) is 0 Å². The van der Waals surface area contributed by atoms with Gasteiger partial charge >= 0.3 is 0 Å². The third kappa shape index (κ3) is 0.744. The highest BCUT2D eigenvalue weighted by atomic mass is 31.8. The minimum Gasteiger partial charge on any atom is -0.183 e. The predicted molar refractivity (Wildman–Crippen MR) is 25.4 cm³/mol. The second-order valence-electron chi connectivity index (χ2n) is 0.499. The van der Waals surface area contributed by atoms with Crippen LogP contribution in [-0.2, 0) is 0 Å². The topological polar surface area (TPSA) is 3.01 Å². The third-order valence-electron chi connectivity index (χ3n) is 0.193. The molecule has 0 aromatic heterocycles. The van der Waals surface area contributed by atoms with Gasteiger partial charge in [-0.1, -0.05) is 0 Å². The van der Waals surface area contributed by atoms with E-state index in [2.05, 4.69) is 13.6 Å². The van der Waals surface area contributed by atoms with Crippen LogP contribution in [0, 0.1) is 0 Å². The van der Waals surface area contributed by atoms with Crippen LogP contribution in [-0.4, -0.2) is 4.21 Å². The predicted octanol–water partition coefficient (Wildman–Crippen LogP) is 1.73. The van der Waals surface area contributed by atoms with Crippen LogP contribution < -0.4 is 0 Å². The fourth-order valence-corrected chi connectivity index (χ4v) is 0.624. The average Bonchev–Trinajstić information content (AvgIpc) is 1.75. The van der Waals surface area contributed by atoms with Crippen molar-refractivity contribution in [3.63, 3.8) is 0 Å². The van der Waals surface area contributed by atoms with E-state index in [0.717, 1.165) is 0 Å². The zero-order valence-electron chi connectivity index (χ0n) is 1.92. The molecule has 1 heterocycles. The second kappa shape index (κ2) is 0.994. The number of rotatable bonds is 0. The highest BCUT2D eigenvalue weighted by Crippen LogP contribution is 2.48.